The molecule has 12 aromatic rings. The molecule has 4 aromatic heterocycles. The molecule has 2 aliphatic rings. The second-order valence-corrected chi connectivity index (χ2v) is 25.7. The molecule has 0 saturated carbocycles. The molecule has 2 aliphatic heterocycles. The minimum atomic E-state index is -2.82. The van der Waals surface area contributed by atoms with E-state index in [4.69, 9.17) is 56.5 Å². The number of amides is 2. The van der Waals surface area contributed by atoms with Crippen LogP contribution in [0.5, 0.6) is 23.0 Å². The summed E-state index contributed by atoms with van der Waals surface area (Å²) in [6.45, 7) is -1.32. The van der Waals surface area contributed by atoms with Gasteiger partial charge in [0.15, 0.2) is 58.8 Å². The van der Waals surface area contributed by atoms with E-state index < -0.39 is 94.0 Å². The summed E-state index contributed by atoms with van der Waals surface area (Å²) in [5.74, 6) is 1.40. The topological polar surface area (TPSA) is 271 Å². The van der Waals surface area contributed by atoms with E-state index >= 15 is 8.78 Å². The maximum absolute atomic E-state index is 19.0. The third-order valence-corrected chi connectivity index (χ3v) is 19.6. The minimum Gasteiger partial charge on any atom is -0.497 e. The van der Waals surface area contributed by atoms with Crippen molar-refractivity contribution in [3.05, 3.63) is 288 Å². The molecule has 27 heteroatoms. The smallest absolute Gasteiger partial charge is 0.333 e. The summed E-state index contributed by atoms with van der Waals surface area (Å²) in [5, 5.41) is 15.6. The van der Waals surface area contributed by atoms with Gasteiger partial charge in [0.2, 0.25) is 0 Å². The van der Waals surface area contributed by atoms with Crippen molar-refractivity contribution in [3.8, 4) is 29.1 Å². The third-order valence-electron chi connectivity index (χ3n) is 18.4. The number of aromatic nitrogens is 8. The molecular formula is C79H70F2N11O13P. The van der Waals surface area contributed by atoms with Crippen LogP contribution >= 0.6 is 8.60 Å². The highest BCUT2D eigenvalue weighted by Crippen LogP contribution is 2.52. The van der Waals surface area contributed by atoms with Crippen LogP contribution in [0.25, 0.3) is 22.3 Å². The molecule has 24 nitrogen and oxygen atoms in total. The number of carbonyl (C=O) groups excluding carboxylic acids is 2. The number of alkyl halides is 2. The molecule has 14 rings (SSSR count). The van der Waals surface area contributed by atoms with E-state index in [1.54, 1.807) is 113 Å². The first-order valence-electron chi connectivity index (χ1n) is 33.7. The van der Waals surface area contributed by atoms with Crippen molar-refractivity contribution < 1.29 is 69.8 Å². The number of anilines is 2. The molecule has 6 heterocycles. The Morgan fingerprint density at radius 3 is 1.33 bits per heavy atom. The first-order valence-corrected chi connectivity index (χ1v) is 34.8. The zero-order valence-electron chi connectivity index (χ0n) is 57.6. The number of carbonyl (C=O) groups is 2. The number of benzene rings is 8. The molecule has 1 unspecified atom stereocenters. The molecular weight excluding hydrogens is 1380 g/mol. The zero-order chi connectivity index (χ0) is 73.2. The molecule has 0 radical (unpaired) electrons. The van der Waals surface area contributed by atoms with Gasteiger partial charge in [-0.2, -0.15) is 5.26 Å². The van der Waals surface area contributed by atoms with Crippen LogP contribution in [-0.4, -0.2) is 136 Å². The highest BCUT2D eigenvalue weighted by atomic mass is 31.2. The maximum atomic E-state index is 19.0. The van der Waals surface area contributed by atoms with Crippen molar-refractivity contribution in [2.75, 3.05) is 58.9 Å². The van der Waals surface area contributed by atoms with Crippen LogP contribution in [0.2, 0.25) is 0 Å². The van der Waals surface area contributed by atoms with Crippen LogP contribution in [0.15, 0.2) is 244 Å². The number of hydrogen-bond acceptors (Lipinski definition) is 20. The van der Waals surface area contributed by atoms with E-state index in [9.17, 15) is 14.9 Å². The van der Waals surface area contributed by atoms with Crippen LogP contribution < -0.4 is 29.6 Å². The summed E-state index contributed by atoms with van der Waals surface area (Å²) in [6.07, 6.45) is -8.41. The van der Waals surface area contributed by atoms with Crippen molar-refractivity contribution in [1.82, 2.24) is 39.0 Å². The summed E-state index contributed by atoms with van der Waals surface area (Å²) >= 11 is 0. The number of rotatable bonds is 29. The zero-order valence-corrected chi connectivity index (χ0v) is 58.5. The van der Waals surface area contributed by atoms with Crippen LogP contribution in [0.3, 0.4) is 0 Å². The maximum Gasteiger partial charge on any atom is 0.333 e. The Balaban J connectivity index is 0.846. The van der Waals surface area contributed by atoms with E-state index in [0.29, 0.717) is 67.5 Å². The quantitative estimate of drug-likeness (QED) is 0.0250. The molecule has 2 fully saturated rings. The van der Waals surface area contributed by atoms with Gasteiger partial charge in [-0.25, -0.2) is 38.7 Å². The van der Waals surface area contributed by atoms with Gasteiger partial charge in [-0.05, 0) is 106 Å². The number of nitriles is 1. The normalized spacial score (nSPS) is 19.0. The monoisotopic (exact) mass is 1450 g/mol. The van der Waals surface area contributed by atoms with Gasteiger partial charge in [-0.3, -0.25) is 18.7 Å². The van der Waals surface area contributed by atoms with Crippen LogP contribution in [0.1, 0.15) is 73.0 Å². The summed E-state index contributed by atoms with van der Waals surface area (Å²) in [7, 11) is 3.41. The lowest BCUT2D eigenvalue weighted by Gasteiger charge is -2.39. The molecule has 538 valence electrons. The lowest BCUT2D eigenvalue weighted by molar-refractivity contribution is -0.115. The van der Waals surface area contributed by atoms with Crippen molar-refractivity contribution in [1.29, 1.82) is 5.26 Å². The second-order valence-electron chi connectivity index (χ2n) is 24.5. The molecule has 8 aromatic carbocycles. The molecule has 2 saturated heterocycles. The van der Waals surface area contributed by atoms with E-state index in [1.165, 1.54) is 34.4 Å². The predicted molar refractivity (Wildman–Crippen MR) is 386 cm³/mol. The largest absolute Gasteiger partial charge is 0.497 e. The summed E-state index contributed by atoms with van der Waals surface area (Å²) < 4.78 is 112. The number of nitrogens with zero attached hydrogens (tertiary/aromatic N) is 9. The number of nitrogens with one attached hydrogen (secondary N) is 2. The summed E-state index contributed by atoms with van der Waals surface area (Å²) in [4.78, 5) is 54.5. The standard InChI is InChI=1S/C79H70F2N11O13P/c1-95-58-34-26-54(27-35-58)78(52-22-13-7-14-23-52,55-28-36-59(96-2)37-29-55)99-44-63-68(65(81)76(103-63)91-48-87-66-70(83-46-85-72(66)91)89-74(93)50-18-9-5-10-19-50)105-106(100-43-17-42-82)101-45-62-64(80)69(77(102-62)92-49-88-67-71(84-47-86-73(67)92)90-75(94)51-20-11-6-12-21-51)104-79(53-24-15-8-16-25-53,56-30-38-60(97-3)39-31-56)57-32-40-61(98-4)41-33-57/h5-16,18-41,46-49,62-65,68-69,76-77H,17,43-45H2,1-4H3,(H,83,85,89,93)(H,84,86,90,94)/t62-,63-,64-,65-,68-,69-,76-,77-,106?/m1/s1. The van der Waals surface area contributed by atoms with Crippen molar-refractivity contribution in [2.45, 2.75) is 66.8 Å². The van der Waals surface area contributed by atoms with Crippen molar-refractivity contribution in [3.63, 3.8) is 0 Å². The van der Waals surface area contributed by atoms with Gasteiger partial charge in [0, 0.05) is 11.1 Å². The number of fused-ring (bicyclic) bond motifs is 2. The third kappa shape index (κ3) is 14.5. The average Bonchev–Trinajstić information content (AvgIpc) is 1.01. The first-order chi connectivity index (χ1) is 51.9. The van der Waals surface area contributed by atoms with E-state index in [0.717, 1.165) is 0 Å². The van der Waals surface area contributed by atoms with E-state index in [1.807, 2.05) is 133 Å². The van der Waals surface area contributed by atoms with Crippen LogP contribution in [0.4, 0.5) is 20.4 Å². The Labute approximate surface area is 608 Å². The highest BCUT2D eigenvalue weighted by molar-refractivity contribution is 7.41. The Morgan fingerprint density at radius 1 is 0.481 bits per heavy atom. The van der Waals surface area contributed by atoms with Gasteiger partial charge < -0.3 is 62.1 Å². The van der Waals surface area contributed by atoms with Gasteiger partial charge >= 0.3 is 8.60 Å². The Hall–Kier alpha value is -11.5. The predicted octanol–water partition coefficient (Wildman–Crippen LogP) is 13.6. The Morgan fingerprint density at radius 2 is 0.887 bits per heavy atom. The molecule has 0 bridgehead atoms. The van der Waals surface area contributed by atoms with Crippen LogP contribution in [0, 0.1) is 11.3 Å². The Bertz CT molecular complexity index is 4910. The molecule has 0 aliphatic carbocycles. The minimum absolute atomic E-state index is 0.0436. The molecule has 9 atom stereocenters. The number of hydrogen-bond donors (Lipinski definition) is 2. The molecule has 0 spiro atoms. The Kier molecular flexibility index (Phi) is 21.8. The molecule has 2 N–H and O–H groups in total. The SMILES string of the molecule is COc1ccc(C(OC[C@H]2O[C@@H](n3cnc4c(NC(=O)c5ccccc5)ncnc43)[C@H](F)[C@@H]2OP(OCCC#N)OC[C@H]2O[C@@H](n3cnc4c(NC(=O)c5ccccc5)ncnc43)[C@H](OC(c3ccccc3)(c3ccc(OC)cc3)c3ccc(OC)cc3)[C@@H]2F)(c2ccccc2)c2ccc(OC)cc2)cc1. The number of imidazole rings is 2. The average molecular weight is 1450 g/mol. The first kappa shape index (κ1) is 71.5. The van der Waals surface area contributed by atoms with Crippen LogP contribution in [-0.2, 0) is 43.7 Å². The van der Waals surface area contributed by atoms with E-state index in [-0.39, 0.29) is 47.0 Å². The lowest BCUT2D eigenvalue weighted by atomic mass is 9.79. The number of methoxy groups -OCH3 is 4. The fourth-order valence-corrected chi connectivity index (χ4v) is 14.3. The van der Waals surface area contributed by atoms with Gasteiger partial charge in [-0.1, -0.05) is 146 Å². The molecule has 2 amide bonds. The number of halogens is 2. The lowest BCUT2D eigenvalue weighted by Crippen LogP contribution is -2.43. The molecule has 106 heavy (non-hydrogen) atoms. The van der Waals surface area contributed by atoms with Gasteiger partial charge in [0.1, 0.15) is 71.3 Å². The summed E-state index contributed by atoms with van der Waals surface area (Å²) in [6, 6.07) is 67.1. The van der Waals surface area contributed by atoms with Crippen molar-refractivity contribution >= 4 is 54.4 Å². The van der Waals surface area contributed by atoms with Crippen molar-refractivity contribution in [2.24, 2.45) is 0 Å². The fraction of sp³-hybridized carbons (Fsp3) is 0.228. The van der Waals surface area contributed by atoms with Gasteiger partial charge in [0.05, 0.1) is 73.4 Å². The number of ether oxygens (including phenoxy) is 8. The van der Waals surface area contributed by atoms with Gasteiger partial charge in [0.25, 0.3) is 11.8 Å². The summed E-state index contributed by atoms with van der Waals surface area (Å²) in [5.41, 5.74) is 1.80. The fourth-order valence-electron chi connectivity index (χ4n) is 13.2. The van der Waals surface area contributed by atoms with E-state index in [2.05, 4.69) is 41.6 Å². The second kappa shape index (κ2) is 32.3. The van der Waals surface area contributed by atoms with Gasteiger partial charge in [-0.15, -0.1) is 0 Å². The highest BCUT2D eigenvalue weighted by Gasteiger charge is 2.55.